The molecule has 18 heavy (non-hydrogen) atoms. The van der Waals surface area contributed by atoms with Crippen LogP contribution in [0.2, 0.25) is 0 Å². The number of hydrogen-bond donors (Lipinski definition) is 1. The molecule has 3 rings (SSSR count). The fourth-order valence-electron chi connectivity index (χ4n) is 3.50. The SMILES string of the molecule is O=c1cc(C2CCCC2)nc(C2CCCCC2)[nH]1. The van der Waals surface area contributed by atoms with Gasteiger partial charge < -0.3 is 4.98 Å². The van der Waals surface area contributed by atoms with E-state index in [4.69, 9.17) is 4.98 Å². The van der Waals surface area contributed by atoms with E-state index in [9.17, 15) is 4.79 Å². The second-order valence-corrected chi connectivity index (χ2v) is 5.87. The van der Waals surface area contributed by atoms with E-state index in [-0.39, 0.29) is 5.56 Å². The Balaban J connectivity index is 1.87. The Bertz CT molecular complexity index is 454. The number of rotatable bonds is 2. The highest BCUT2D eigenvalue weighted by atomic mass is 16.1. The molecule has 0 aromatic carbocycles. The molecule has 0 spiro atoms. The maximum absolute atomic E-state index is 11.8. The van der Waals surface area contributed by atoms with Gasteiger partial charge in [0.2, 0.25) is 0 Å². The minimum atomic E-state index is 0.0486. The highest BCUT2D eigenvalue weighted by Gasteiger charge is 2.22. The van der Waals surface area contributed by atoms with Gasteiger partial charge in [0.25, 0.3) is 5.56 Å². The Hall–Kier alpha value is -1.12. The summed E-state index contributed by atoms with van der Waals surface area (Å²) in [4.78, 5) is 19.6. The molecule has 2 fully saturated rings. The number of aromatic nitrogens is 2. The average molecular weight is 246 g/mol. The normalized spacial score (nSPS) is 22.4. The summed E-state index contributed by atoms with van der Waals surface area (Å²) in [7, 11) is 0. The molecule has 2 aliphatic rings. The van der Waals surface area contributed by atoms with E-state index in [0.29, 0.717) is 11.8 Å². The molecule has 3 heteroatoms. The van der Waals surface area contributed by atoms with Gasteiger partial charge in [0, 0.05) is 17.9 Å². The molecule has 0 saturated heterocycles. The molecule has 1 aromatic heterocycles. The second-order valence-electron chi connectivity index (χ2n) is 5.87. The van der Waals surface area contributed by atoms with E-state index >= 15 is 0 Å². The van der Waals surface area contributed by atoms with Crippen LogP contribution in [0.4, 0.5) is 0 Å². The maximum atomic E-state index is 11.8. The summed E-state index contributed by atoms with van der Waals surface area (Å²) in [6, 6.07) is 1.72. The van der Waals surface area contributed by atoms with Gasteiger partial charge in [-0.15, -0.1) is 0 Å². The van der Waals surface area contributed by atoms with Crippen LogP contribution in [0.15, 0.2) is 10.9 Å². The Morgan fingerprint density at radius 2 is 1.56 bits per heavy atom. The standard InChI is InChI=1S/C15H22N2O/c18-14-10-13(11-6-4-5-7-11)16-15(17-14)12-8-2-1-3-9-12/h10-12H,1-9H2,(H,16,17,18). The molecule has 0 aliphatic heterocycles. The summed E-state index contributed by atoms with van der Waals surface area (Å²) < 4.78 is 0. The molecule has 1 N–H and O–H groups in total. The molecule has 2 aliphatic carbocycles. The van der Waals surface area contributed by atoms with Gasteiger partial charge in [-0.05, 0) is 25.7 Å². The van der Waals surface area contributed by atoms with E-state index < -0.39 is 0 Å². The van der Waals surface area contributed by atoms with Crippen LogP contribution in [0.25, 0.3) is 0 Å². The van der Waals surface area contributed by atoms with Crippen LogP contribution < -0.4 is 5.56 Å². The molecule has 1 heterocycles. The van der Waals surface area contributed by atoms with E-state index in [0.717, 1.165) is 11.5 Å². The molecular weight excluding hydrogens is 224 g/mol. The Kier molecular flexibility index (Phi) is 3.48. The lowest BCUT2D eigenvalue weighted by molar-refractivity contribution is 0.426. The van der Waals surface area contributed by atoms with Gasteiger partial charge in [-0.3, -0.25) is 4.79 Å². The molecule has 3 nitrogen and oxygen atoms in total. The van der Waals surface area contributed by atoms with Crippen molar-refractivity contribution in [3.8, 4) is 0 Å². The largest absolute Gasteiger partial charge is 0.310 e. The number of nitrogens with zero attached hydrogens (tertiary/aromatic N) is 1. The van der Waals surface area contributed by atoms with E-state index in [2.05, 4.69) is 4.98 Å². The number of aromatic amines is 1. The van der Waals surface area contributed by atoms with Gasteiger partial charge in [-0.25, -0.2) is 4.98 Å². The van der Waals surface area contributed by atoms with Crippen LogP contribution in [0.1, 0.15) is 81.1 Å². The van der Waals surface area contributed by atoms with Crippen LogP contribution in [0, 0.1) is 0 Å². The third-order valence-electron chi connectivity index (χ3n) is 4.55. The third-order valence-corrected chi connectivity index (χ3v) is 4.55. The fraction of sp³-hybridized carbons (Fsp3) is 0.733. The van der Waals surface area contributed by atoms with Gasteiger partial charge in [0.15, 0.2) is 0 Å². The van der Waals surface area contributed by atoms with E-state index in [1.807, 2.05) is 0 Å². The Morgan fingerprint density at radius 1 is 0.944 bits per heavy atom. The van der Waals surface area contributed by atoms with Gasteiger partial charge in [0.1, 0.15) is 5.82 Å². The van der Waals surface area contributed by atoms with Crippen molar-refractivity contribution in [1.29, 1.82) is 0 Å². The highest BCUT2D eigenvalue weighted by molar-refractivity contribution is 5.12. The van der Waals surface area contributed by atoms with Crippen molar-refractivity contribution in [1.82, 2.24) is 9.97 Å². The van der Waals surface area contributed by atoms with E-state index in [1.54, 1.807) is 6.07 Å². The minimum Gasteiger partial charge on any atom is -0.310 e. The molecule has 0 atom stereocenters. The van der Waals surface area contributed by atoms with Crippen molar-refractivity contribution >= 4 is 0 Å². The third kappa shape index (κ3) is 2.50. The molecule has 98 valence electrons. The monoisotopic (exact) mass is 246 g/mol. The zero-order valence-corrected chi connectivity index (χ0v) is 11.0. The van der Waals surface area contributed by atoms with Crippen LogP contribution >= 0.6 is 0 Å². The van der Waals surface area contributed by atoms with Gasteiger partial charge in [-0.1, -0.05) is 32.1 Å². The predicted octanol–water partition coefficient (Wildman–Crippen LogP) is 3.48. The van der Waals surface area contributed by atoms with Crippen molar-refractivity contribution < 1.29 is 0 Å². The summed E-state index contributed by atoms with van der Waals surface area (Å²) in [5, 5.41) is 0. The molecule has 1 aromatic rings. The minimum absolute atomic E-state index is 0.0486. The molecule has 2 saturated carbocycles. The van der Waals surface area contributed by atoms with Crippen molar-refractivity contribution in [3.05, 3.63) is 27.9 Å². The van der Waals surface area contributed by atoms with Crippen LogP contribution in [0.5, 0.6) is 0 Å². The predicted molar refractivity (Wildman–Crippen MR) is 71.9 cm³/mol. The first-order valence-electron chi connectivity index (χ1n) is 7.44. The molecule has 0 radical (unpaired) electrons. The molecule has 0 amide bonds. The van der Waals surface area contributed by atoms with Gasteiger partial charge in [0.05, 0.1) is 5.69 Å². The first kappa shape index (κ1) is 11.9. The fourth-order valence-corrected chi connectivity index (χ4v) is 3.50. The first-order valence-corrected chi connectivity index (χ1v) is 7.44. The Labute approximate surface area is 108 Å². The van der Waals surface area contributed by atoms with Crippen molar-refractivity contribution in [2.45, 2.75) is 69.6 Å². The topological polar surface area (TPSA) is 45.8 Å². The second kappa shape index (κ2) is 5.25. The average Bonchev–Trinajstić information content (AvgIpc) is 2.93. The van der Waals surface area contributed by atoms with Crippen LogP contribution in [-0.2, 0) is 0 Å². The van der Waals surface area contributed by atoms with Crippen molar-refractivity contribution in [2.75, 3.05) is 0 Å². The lowest BCUT2D eigenvalue weighted by atomic mass is 9.88. The zero-order chi connectivity index (χ0) is 12.4. The summed E-state index contributed by atoms with van der Waals surface area (Å²) in [5.41, 5.74) is 1.10. The molecule has 0 bridgehead atoms. The van der Waals surface area contributed by atoms with E-state index in [1.165, 1.54) is 57.8 Å². The Morgan fingerprint density at radius 3 is 2.28 bits per heavy atom. The summed E-state index contributed by atoms with van der Waals surface area (Å²) in [6.45, 7) is 0. The van der Waals surface area contributed by atoms with Gasteiger partial charge in [-0.2, -0.15) is 0 Å². The van der Waals surface area contributed by atoms with Crippen LogP contribution in [0.3, 0.4) is 0 Å². The van der Waals surface area contributed by atoms with Crippen molar-refractivity contribution in [3.63, 3.8) is 0 Å². The number of hydrogen-bond acceptors (Lipinski definition) is 2. The molecular formula is C15H22N2O. The summed E-state index contributed by atoms with van der Waals surface area (Å²) >= 11 is 0. The lowest BCUT2D eigenvalue weighted by Gasteiger charge is -2.21. The quantitative estimate of drug-likeness (QED) is 0.868. The first-order chi connectivity index (χ1) is 8.83. The molecule has 0 unspecified atom stereocenters. The van der Waals surface area contributed by atoms with Crippen LogP contribution in [-0.4, -0.2) is 9.97 Å². The lowest BCUT2D eigenvalue weighted by Crippen LogP contribution is -2.18. The highest BCUT2D eigenvalue weighted by Crippen LogP contribution is 2.34. The maximum Gasteiger partial charge on any atom is 0.251 e. The van der Waals surface area contributed by atoms with Crippen molar-refractivity contribution in [2.24, 2.45) is 0 Å². The smallest absolute Gasteiger partial charge is 0.251 e. The zero-order valence-electron chi connectivity index (χ0n) is 11.0. The van der Waals surface area contributed by atoms with Gasteiger partial charge >= 0.3 is 0 Å². The summed E-state index contributed by atoms with van der Waals surface area (Å²) in [6.07, 6.45) is 11.3. The number of nitrogens with one attached hydrogen (secondary N) is 1. The summed E-state index contributed by atoms with van der Waals surface area (Å²) in [5.74, 6) is 1.99. The number of H-pyrrole nitrogens is 1.